The lowest BCUT2D eigenvalue weighted by Gasteiger charge is -2.15. The maximum Gasteiger partial charge on any atom is 0.191 e. The smallest absolute Gasteiger partial charge is 0.191 e. The summed E-state index contributed by atoms with van der Waals surface area (Å²) in [5.41, 5.74) is 3.29. The maximum atomic E-state index is 5.85. The number of benzene rings is 1. The summed E-state index contributed by atoms with van der Waals surface area (Å²) < 4.78 is 5.85. The molecule has 1 heterocycles. The maximum absolute atomic E-state index is 5.85. The molecule has 24 heavy (non-hydrogen) atoms. The Bertz CT molecular complexity index is 656. The van der Waals surface area contributed by atoms with Gasteiger partial charge in [0.2, 0.25) is 0 Å². The Balaban J connectivity index is 1.93. The Kier molecular flexibility index (Phi) is 7.08. The van der Waals surface area contributed by atoms with Crippen LogP contribution in [0.4, 0.5) is 0 Å². The van der Waals surface area contributed by atoms with Crippen molar-refractivity contribution in [1.29, 1.82) is 0 Å². The third-order valence-electron chi connectivity index (χ3n) is 3.52. The van der Waals surface area contributed by atoms with Crippen LogP contribution in [-0.2, 0) is 13.1 Å². The Hall–Kier alpha value is -2.56. The number of aryl methyl sites for hydroxylation is 1. The summed E-state index contributed by atoms with van der Waals surface area (Å²) in [7, 11) is 1.76. The second-order valence-electron chi connectivity index (χ2n) is 5.56. The van der Waals surface area contributed by atoms with Crippen LogP contribution in [0.5, 0.6) is 5.75 Å². The summed E-state index contributed by atoms with van der Waals surface area (Å²) in [6, 6.07) is 12.1. The highest BCUT2D eigenvalue weighted by Gasteiger charge is 2.06. The Morgan fingerprint density at radius 3 is 2.71 bits per heavy atom. The molecule has 0 spiro atoms. The van der Waals surface area contributed by atoms with Crippen molar-refractivity contribution in [3.8, 4) is 5.75 Å². The molecule has 0 bridgehead atoms. The first kappa shape index (κ1) is 17.8. The molecule has 0 aliphatic rings. The number of hydrogen-bond acceptors (Lipinski definition) is 3. The number of hydrogen-bond donors (Lipinski definition) is 2. The summed E-state index contributed by atoms with van der Waals surface area (Å²) >= 11 is 0. The molecular formula is C19H26N4O. The van der Waals surface area contributed by atoms with Crippen molar-refractivity contribution in [2.45, 2.75) is 33.4 Å². The predicted molar refractivity (Wildman–Crippen MR) is 98.2 cm³/mol. The van der Waals surface area contributed by atoms with Crippen LogP contribution < -0.4 is 15.4 Å². The highest BCUT2D eigenvalue weighted by atomic mass is 16.5. The Labute approximate surface area is 144 Å². The number of guanidine groups is 1. The van der Waals surface area contributed by atoms with E-state index in [9.17, 15) is 0 Å². The standard InChI is InChI=1S/C19H26N4O/c1-4-11-24-18-12-15(2)8-9-16(18)13-22-19(20-3)23-14-17-7-5-6-10-21-17/h5-10,12H,4,11,13-14H2,1-3H3,(H2,20,22,23). The summed E-state index contributed by atoms with van der Waals surface area (Å²) in [6.07, 6.45) is 2.78. The van der Waals surface area contributed by atoms with Gasteiger partial charge < -0.3 is 15.4 Å². The van der Waals surface area contributed by atoms with E-state index >= 15 is 0 Å². The number of ether oxygens (including phenoxy) is 1. The number of nitrogens with one attached hydrogen (secondary N) is 2. The van der Waals surface area contributed by atoms with E-state index < -0.39 is 0 Å². The number of nitrogens with zero attached hydrogens (tertiary/aromatic N) is 2. The van der Waals surface area contributed by atoms with Crippen molar-refractivity contribution in [3.05, 3.63) is 59.4 Å². The highest BCUT2D eigenvalue weighted by molar-refractivity contribution is 5.79. The van der Waals surface area contributed by atoms with E-state index in [0.717, 1.165) is 36.0 Å². The first-order chi connectivity index (χ1) is 11.7. The number of aromatic nitrogens is 1. The Morgan fingerprint density at radius 1 is 1.17 bits per heavy atom. The Morgan fingerprint density at radius 2 is 2.00 bits per heavy atom. The van der Waals surface area contributed by atoms with Crippen LogP contribution in [0.15, 0.2) is 47.6 Å². The van der Waals surface area contributed by atoms with E-state index in [-0.39, 0.29) is 0 Å². The van der Waals surface area contributed by atoms with Crippen molar-refractivity contribution >= 4 is 5.96 Å². The van der Waals surface area contributed by atoms with Crippen molar-refractivity contribution in [2.24, 2.45) is 4.99 Å². The van der Waals surface area contributed by atoms with E-state index in [0.29, 0.717) is 13.1 Å². The molecule has 2 aromatic rings. The monoisotopic (exact) mass is 326 g/mol. The minimum absolute atomic E-state index is 0.633. The zero-order valence-electron chi connectivity index (χ0n) is 14.7. The molecule has 128 valence electrons. The third kappa shape index (κ3) is 5.57. The predicted octanol–water partition coefficient (Wildman–Crippen LogP) is 3.04. The minimum atomic E-state index is 0.633. The molecule has 5 heteroatoms. The van der Waals surface area contributed by atoms with Crippen molar-refractivity contribution in [3.63, 3.8) is 0 Å². The largest absolute Gasteiger partial charge is 0.493 e. The van der Waals surface area contributed by atoms with Gasteiger partial charge in [-0.2, -0.15) is 0 Å². The minimum Gasteiger partial charge on any atom is -0.493 e. The van der Waals surface area contributed by atoms with Crippen LogP contribution in [0.1, 0.15) is 30.2 Å². The van der Waals surface area contributed by atoms with Gasteiger partial charge in [0.05, 0.1) is 18.8 Å². The molecule has 0 unspecified atom stereocenters. The lowest BCUT2D eigenvalue weighted by atomic mass is 10.1. The molecular weight excluding hydrogens is 300 g/mol. The van der Waals surface area contributed by atoms with Gasteiger partial charge in [0, 0.05) is 25.4 Å². The summed E-state index contributed by atoms with van der Waals surface area (Å²) in [5.74, 6) is 1.67. The third-order valence-corrected chi connectivity index (χ3v) is 3.52. The molecule has 0 radical (unpaired) electrons. The van der Waals surface area contributed by atoms with Gasteiger partial charge in [0.25, 0.3) is 0 Å². The number of rotatable bonds is 7. The zero-order valence-corrected chi connectivity index (χ0v) is 14.7. The normalized spacial score (nSPS) is 11.2. The van der Waals surface area contributed by atoms with E-state index in [1.807, 2.05) is 18.2 Å². The van der Waals surface area contributed by atoms with E-state index in [1.165, 1.54) is 5.56 Å². The lowest BCUT2D eigenvalue weighted by molar-refractivity contribution is 0.313. The molecule has 0 saturated heterocycles. The van der Waals surface area contributed by atoms with Gasteiger partial charge in [-0.3, -0.25) is 9.98 Å². The molecule has 1 aromatic heterocycles. The number of pyridine rings is 1. The van der Waals surface area contributed by atoms with Gasteiger partial charge in [-0.1, -0.05) is 25.1 Å². The molecule has 0 saturated carbocycles. The zero-order chi connectivity index (χ0) is 17.2. The molecule has 2 rings (SSSR count). The fraction of sp³-hybridized carbons (Fsp3) is 0.368. The molecule has 5 nitrogen and oxygen atoms in total. The summed E-state index contributed by atoms with van der Waals surface area (Å²) in [4.78, 5) is 8.55. The van der Waals surface area contributed by atoms with Crippen LogP contribution >= 0.6 is 0 Å². The SMILES string of the molecule is CCCOc1cc(C)ccc1CNC(=NC)NCc1ccccn1. The lowest BCUT2D eigenvalue weighted by Crippen LogP contribution is -2.36. The fourth-order valence-electron chi connectivity index (χ4n) is 2.23. The van der Waals surface area contributed by atoms with Crippen LogP contribution in [0.2, 0.25) is 0 Å². The van der Waals surface area contributed by atoms with Crippen LogP contribution in [-0.4, -0.2) is 24.6 Å². The van der Waals surface area contributed by atoms with Gasteiger partial charge in [0.15, 0.2) is 5.96 Å². The second-order valence-corrected chi connectivity index (χ2v) is 5.56. The topological polar surface area (TPSA) is 58.5 Å². The van der Waals surface area contributed by atoms with Crippen LogP contribution in [0.3, 0.4) is 0 Å². The van der Waals surface area contributed by atoms with Gasteiger partial charge in [-0.05, 0) is 37.1 Å². The van der Waals surface area contributed by atoms with Gasteiger partial charge in [-0.15, -0.1) is 0 Å². The van der Waals surface area contributed by atoms with Gasteiger partial charge >= 0.3 is 0 Å². The van der Waals surface area contributed by atoms with Crippen LogP contribution in [0.25, 0.3) is 0 Å². The van der Waals surface area contributed by atoms with Crippen molar-refractivity contribution < 1.29 is 4.74 Å². The highest BCUT2D eigenvalue weighted by Crippen LogP contribution is 2.20. The molecule has 0 fully saturated rings. The van der Waals surface area contributed by atoms with Crippen molar-refractivity contribution in [2.75, 3.05) is 13.7 Å². The first-order valence-corrected chi connectivity index (χ1v) is 8.29. The van der Waals surface area contributed by atoms with Crippen molar-refractivity contribution in [1.82, 2.24) is 15.6 Å². The molecule has 1 aromatic carbocycles. The quantitative estimate of drug-likeness (QED) is 0.606. The van der Waals surface area contributed by atoms with Gasteiger partial charge in [0.1, 0.15) is 5.75 Å². The van der Waals surface area contributed by atoms with E-state index in [4.69, 9.17) is 4.74 Å². The average Bonchev–Trinajstić information content (AvgIpc) is 2.62. The van der Waals surface area contributed by atoms with E-state index in [1.54, 1.807) is 13.2 Å². The fourth-order valence-corrected chi connectivity index (χ4v) is 2.23. The number of aliphatic imine (C=N–C) groups is 1. The van der Waals surface area contributed by atoms with E-state index in [2.05, 4.69) is 52.7 Å². The first-order valence-electron chi connectivity index (χ1n) is 8.29. The van der Waals surface area contributed by atoms with Gasteiger partial charge in [-0.25, -0.2) is 0 Å². The van der Waals surface area contributed by atoms with Crippen LogP contribution in [0, 0.1) is 6.92 Å². The molecule has 0 aliphatic carbocycles. The average molecular weight is 326 g/mol. The molecule has 0 atom stereocenters. The summed E-state index contributed by atoms with van der Waals surface area (Å²) in [6.45, 7) is 6.19. The summed E-state index contributed by atoms with van der Waals surface area (Å²) in [5, 5.41) is 6.59. The molecule has 0 aliphatic heterocycles. The second kappa shape index (κ2) is 9.55. The molecule has 0 amide bonds. The molecule has 2 N–H and O–H groups in total.